The van der Waals surface area contributed by atoms with E-state index in [-0.39, 0.29) is 0 Å². The number of carbonyl (C=O) groups is 2. The predicted octanol–water partition coefficient (Wildman–Crippen LogP) is 2.84. The molecule has 0 atom stereocenters. The fraction of sp³-hybridized carbons (Fsp3) is 0.500. The third-order valence-corrected chi connectivity index (χ3v) is 1.88. The third kappa shape index (κ3) is 7.47. The fourth-order valence-corrected chi connectivity index (χ4v) is 1.15. The molecule has 0 radical (unpaired) electrons. The summed E-state index contributed by atoms with van der Waals surface area (Å²) >= 11 is 0. The van der Waals surface area contributed by atoms with Gasteiger partial charge in [0.15, 0.2) is 0 Å². The van der Waals surface area contributed by atoms with Gasteiger partial charge in [0.2, 0.25) is 0 Å². The number of allylic oxidation sites excluding steroid dienone is 4. The van der Waals surface area contributed by atoms with Crippen molar-refractivity contribution in [3.63, 3.8) is 0 Å². The molecule has 0 saturated heterocycles. The maximum Gasteiger partial charge on any atom is 0.145 e. The lowest BCUT2D eigenvalue weighted by molar-refractivity contribution is -0.108. The van der Waals surface area contributed by atoms with Crippen LogP contribution in [0.2, 0.25) is 0 Å². The zero-order valence-electron chi connectivity index (χ0n) is 8.95. The van der Waals surface area contributed by atoms with Gasteiger partial charge in [-0.3, -0.25) is 4.79 Å². The first-order valence-corrected chi connectivity index (χ1v) is 4.94. The molecule has 0 saturated carbocycles. The Morgan fingerprint density at radius 3 is 2.21 bits per heavy atom. The predicted molar refractivity (Wildman–Crippen MR) is 58.1 cm³/mol. The number of hydrogen-bond donors (Lipinski definition) is 0. The highest BCUT2D eigenvalue weighted by Crippen LogP contribution is 2.05. The highest BCUT2D eigenvalue weighted by atomic mass is 16.1. The molecule has 2 heteroatoms. The first kappa shape index (κ1) is 12.8. The number of unbranched alkanes of at least 4 members (excludes halogenated alkanes) is 3. The van der Waals surface area contributed by atoms with E-state index in [4.69, 9.17) is 0 Å². The van der Waals surface area contributed by atoms with E-state index >= 15 is 0 Å². The maximum absolute atomic E-state index is 10.3. The summed E-state index contributed by atoms with van der Waals surface area (Å²) in [5.74, 6) is 0. The van der Waals surface area contributed by atoms with Gasteiger partial charge in [0.05, 0.1) is 0 Å². The monoisotopic (exact) mass is 194 g/mol. The molecule has 0 aliphatic carbocycles. The third-order valence-electron chi connectivity index (χ3n) is 1.88. The molecule has 0 aromatic carbocycles. The largest absolute Gasteiger partial charge is 0.303 e. The molecule has 0 spiro atoms. The van der Waals surface area contributed by atoms with Crippen LogP contribution in [0.15, 0.2) is 23.3 Å². The molecule has 0 N–H and O–H groups in total. The van der Waals surface area contributed by atoms with E-state index in [9.17, 15) is 9.59 Å². The van der Waals surface area contributed by atoms with Crippen molar-refractivity contribution < 1.29 is 9.59 Å². The Hall–Kier alpha value is -1.18. The van der Waals surface area contributed by atoms with Gasteiger partial charge in [0, 0.05) is 6.42 Å². The number of rotatable bonds is 7. The molecule has 0 heterocycles. The molecule has 0 rings (SSSR count). The van der Waals surface area contributed by atoms with Gasteiger partial charge in [-0.1, -0.05) is 17.7 Å². The molecular weight excluding hydrogens is 176 g/mol. The second kappa shape index (κ2) is 8.42. The average molecular weight is 194 g/mol. The lowest BCUT2D eigenvalue weighted by atomic mass is 10.1. The smallest absolute Gasteiger partial charge is 0.145 e. The van der Waals surface area contributed by atoms with Crippen LogP contribution in [0.25, 0.3) is 0 Å². The van der Waals surface area contributed by atoms with Crippen LogP contribution in [0.1, 0.15) is 39.5 Å². The van der Waals surface area contributed by atoms with Crippen molar-refractivity contribution in [3.8, 4) is 0 Å². The summed E-state index contributed by atoms with van der Waals surface area (Å²) in [4.78, 5) is 20.3. The van der Waals surface area contributed by atoms with E-state index in [0.717, 1.165) is 43.0 Å². The molecular formula is C12H18O2. The standard InChI is InChI=1S/C12H18O2/c1-11(9-12(2)10-14)7-5-3-4-6-8-13/h7-10H,3-6H2,1-2H3. The van der Waals surface area contributed by atoms with E-state index in [0.29, 0.717) is 6.42 Å². The molecule has 2 nitrogen and oxygen atoms in total. The second-order valence-corrected chi connectivity index (χ2v) is 3.41. The minimum Gasteiger partial charge on any atom is -0.303 e. The summed E-state index contributed by atoms with van der Waals surface area (Å²) in [7, 11) is 0. The molecule has 78 valence electrons. The Bertz CT molecular complexity index is 237. The summed E-state index contributed by atoms with van der Waals surface area (Å²) in [6.07, 6.45) is 9.37. The Balaban J connectivity index is 3.76. The summed E-state index contributed by atoms with van der Waals surface area (Å²) in [6.45, 7) is 3.77. The van der Waals surface area contributed by atoms with Gasteiger partial charge < -0.3 is 4.79 Å². The molecule has 0 amide bonds. The van der Waals surface area contributed by atoms with E-state index < -0.39 is 0 Å². The van der Waals surface area contributed by atoms with Crippen LogP contribution in [0.3, 0.4) is 0 Å². The number of carbonyl (C=O) groups excluding carboxylic acids is 2. The van der Waals surface area contributed by atoms with Crippen LogP contribution in [0, 0.1) is 0 Å². The Labute approximate surface area is 85.7 Å². The molecule has 0 aromatic heterocycles. The minimum absolute atomic E-state index is 0.649. The number of aldehydes is 2. The van der Waals surface area contributed by atoms with Gasteiger partial charge in [0.25, 0.3) is 0 Å². The summed E-state index contributed by atoms with van der Waals surface area (Å²) < 4.78 is 0. The van der Waals surface area contributed by atoms with Crippen molar-refractivity contribution in [1.29, 1.82) is 0 Å². The molecule has 14 heavy (non-hydrogen) atoms. The summed E-state index contributed by atoms with van der Waals surface area (Å²) in [5.41, 5.74) is 1.85. The highest BCUT2D eigenvalue weighted by molar-refractivity contribution is 5.73. The SMILES string of the molecule is CC(=CCCCCC=O)C=C(C)C=O. The van der Waals surface area contributed by atoms with Gasteiger partial charge in [-0.05, 0) is 38.7 Å². The van der Waals surface area contributed by atoms with Crippen molar-refractivity contribution in [2.24, 2.45) is 0 Å². The Morgan fingerprint density at radius 2 is 1.64 bits per heavy atom. The Kier molecular flexibility index (Phi) is 7.71. The molecule has 0 unspecified atom stereocenters. The lowest BCUT2D eigenvalue weighted by Crippen LogP contribution is -1.80. The minimum atomic E-state index is 0.649. The van der Waals surface area contributed by atoms with Gasteiger partial charge in [0.1, 0.15) is 12.6 Å². The van der Waals surface area contributed by atoms with E-state index in [1.54, 1.807) is 6.92 Å². The van der Waals surface area contributed by atoms with Crippen molar-refractivity contribution in [2.75, 3.05) is 0 Å². The van der Waals surface area contributed by atoms with E-state index in [1.807, 2.05) is 13.0 Å². The zero-order chi connectivity index (χ0) is 10.8. The van der Waals surface area contributed by atoms with E-state index in [1.165, 1.54) is 0 Å². The van der Waals surface area contributed by atoms with Crippen LogP contribution in [0.4, 0.5) is 0 Å². The van der Waals surface area contributed by atoms with Crippen molar-refractivity contribution in [2.45, 2.75) is 39.5 Å². The topological polar surface area (TPSA) is 34.1 Å². The zero-order valence-corrected chi connectivity index (χ0v) is 8.95. The molecule has 0 aliphatic heterocycles. The van der Waals surface area contributed by atoms with Crippen LogP contribution >= 0.6 is 0 Å². The summed E-state index contributed by atoms with van der Waals surface area (Å²) in [5, 5.41) is 0. The molecule has 0 bridgehead atoms. The van der Waals surface area contributed by atoms with Crippen molar-refractivity contribution >= 4 is 12.6 Å². The first-order valence-electron chi connectivity index (χ1n) is 4.94. The molecule has 0 aromatic rings. The quantitative estimate of drug-likeness (QED) is 0.270. The lowest BCUT2D eigenvalue weighted by Gasteiger charge is -1.95. The van der Waals surface area contributed by atoms with Crippen molar-refractivity contribution in [1.82, 2.24) is 0 Å². The highest BCUT2D eigenvalue weighted by Gasteiger charge is 1.88. The van der Waals surface area contributed by atoms with Crippen molar-refractivity contribution in [3.05, 3.63) is 23.3 Å². The van der Waals surface area contributed by atoms with Gasteiger partial charge in [-0.15, -0.1) is 0 Å². The Morgan fingerprint density at radius 1 is 1.00 bits per heavy atom. The van der Waals surface area contributed by atoms with Gasteiger partial charge in [-0.2, -0.15) is 0 Å². The molecule has 0 fully saturated rings. The van der Waals surface area contributed by atoms with E-state index in [2.05, 4.69) is 6.08 Å². The second-order valence-electron chi connectivity index (χ2n) is 3.41. The van der Waals surface area contributed by atoms with Crippen LogP contribution in [-0.2, 0) is 9.59 Å². The van der Waals surface area contributed by atoms with Gasteiger partial charge >= 0.3 is 0 Å². The normalized spacial score (nSPS) is 12.7. The maximum atomic E-state index is 10.3. The number of hydrogen-bond acceptors (Lipinski definition) is 2. The van der Waals surface area contributed by atoms with Crippen LogP contribution in [0.5, 0.6) is 0 Å². The van der Waals surface area contributed by atoms with Gasteiger partial charge in [-0.25, -0.2) is 0 Å². The average Bonchev–Trinajstić information content (AvgIpc) is 2.17. The first-order chi connectivity index (χ1) is 6.70. The fourth-order valence-electron chi connectivity index (χ4n) is 1.15. The summed E-state index contributed by atoms with van der Waals surface area (Å²) in [6, 6.07) is 0. The van der Waals surface area contributed by atoms with Crippen LogP contribution in [-0.4, -0.2) is 12.6 Å². The molecule has 0 aliphatic rings. The van der Waals surface area contributed by atoms with Crippen LogP contribution < -0.4 is 0 Å².